The molecule has 1 saturated heterocycles. The number of nitrogens with zero attached hydrogens (tertiary/aromatic N) is 1. The number of aliphatic hydroxyl groups is 2. The minimum atomic E-state index is -1.21. The molecule has 2 amide bonds. The number of morpholine rings is 1. The first-order valence-electron chi connectivity index (χ1n) is 17.6. The summed E-state index contributed by atoms with van der Waals surface area (Å²) < 4.78 is 5.44. The van der Waals surface area contributed by atoms with Crippen LogP contribution in [0, 0.1) is 23.7 Å². The minimum absolute atomic E-state index is 0.0266. The Bertz CT molecular complexity index is 1170. The number of carbonyl (C=O) groups is 3. The van der Waals surface area contributed by atoms with E-state index in [2.05, 4.69) is 10.6 Å². The molecule has 2 aliphatic heterocycles. The number of aliphatic hydroxyl groups excluding tert-OH is 2. The first-order chi connectivity index (χ1) is 22.0. The summed E-state index contributed by atoms with van der Waals surface area (Å²) in [5.74, 6) is -0.771. The lowest BCUT2D eigenvalue weighted by molar-refractivity contribution is -0.139. The van der Waals surface area contributed by atoms with Crippen LogP contribution in [0.2, 0.25) is 0 Å². The van der Waals surface area contributed by atoms with Gasteiger partial charge in [-0.15, -0.1) is 0 Å². The summed E-state index contributed by atoms with van der Waals surface area (Å²) >= 11 is 0. The van der Waals surface area contributed by atoms with Gasteiger partial charge in [-0.3, -0.25) is 14.4 Å². The van der Waals surface area contributed by atoms with Crippen LogP contribution in [0.1, 0.15) is 91.0 Å². The van der Waals surface area contributed by atoms with Crippen LogP contribution < -0.4 is 10.6 Å². The van der Waals surface area contributed by atoms with Crippen LogP contribution in [0.25, 0.3) is 0 Å². The summed E-state index contributed by atoms with van der Waals surface area (Å²) in [7, 11) is 0. The van der Waals surface area contributed by atoms with Crippen molar-refractivity contribution in [3.8, 4) is 0 Å². The summed E-state index contributed by atoms with van der Waals surface area (Å²) in [6.07, 6.45) is 6.87. The van der Waals surface area contributed by atoms with Crippen LogP contribution >= 0.6 is 0 Å². The van der Waals surface area contributed by atoms with E-state index in [1.54, 1.807) is 11.1 Å². The van der Waals surface area contributed by atoms with E-state index in [0.29, 0.717) is 63.5 Å². The van der Waals surface area contributed by atoms with E-state index in [0.717, 1.165) is 31.2 Å². The van der Waals surface area contributed by atoms with Crippen molar-refractivity contribution in [2.45, 2.75) is 116 Å². The highest BCUT2D eigenvalue weighted by molar-refractivity contribution is 6.10. The van der Waals surface area contributed by atoms with E-state index < -0.39 is 29.7 Å². The normalized spacial score (nSPS) is 23.5. The van der Waals surface area contributed by atoms with Crippen LogP contribution in [0.5, 0.6) is 0 Å². The second-order valence-corrected chi connectivity index (χ2v) is 14.7. The standard InChI is InChI=1S/C37H57N3O6/c1-25(2)19-29(36(45)39-31(21-27-11-7-5-8-12-27)34(43)32(41)20-26(3)4)30-24-38-37(35(30)44,22-28-13-9-6-10-14-28)23-33(42)40-15-17-46-18-16-40/h6,9-10,13-14,24-27,29,31-32,34,38,41,43H,5,7-8,11-12,15-23H2,1-4H3,(H,39,45)/t29-,31+,32+,34-,37+/m1/s1. The van der Waals surface area contributed by atoms with Gasteiger partial charge in [0.1, 0.15) is 11.6 Å². The molecular weight excluding hydrogens is 582 g/mol. The Labute approximate surface area is 275 Å². The average Bonchev–Trinajstić information content (AvgIpc) is 3.34. The van der Waals surface area contributed by atoms with E-state index >= 15 is 0 Å². The zero-order valence-electron chi connectivity index (χ0n) is 28.4. The minimum Gasteiger partial charge on any atom is -0.390 e. The molecule has 1 aromatic carbocycles. The van der Waals surface area contributed by atoms with Crippen molar-refractivity contribution in [2.75, 3.05) is 26.3 Å². The number of ether oxygens (including phenoxy) is 1. The summed E-state index contributed by atoms with van der Waals surface area (Å²) in [6, 6.07) is 9.03. The quantitative estimate of drug-likeness (QED) is 0.227. The highest BCUT2D eigenvalue weighted by atomic mass is 16.5. The molecule has 0 aromatic heterocycles. The summed E-state index contributed by atoms with van der Waals surface area (Å²) in [5.41, 5.74) is 0.0776. The Hall–Kier alpha value is -2.75. The Morgan fingerprint density at radius 3 is 2.28 bits per heavy atom. The molecule has 0 unspecified atom stereocenters. The number of ketones is 1. The van der Waals surface area contributed by atoms with E-state index in [1.807, 2.05) is 58.0 Å². The number of rotatable bonds is 15. The maximum atomic E-state index is 14.5. The van der Waals surface area contributed by atoms with Gasteiger partial charge in [-0.25, -0.2) is 0 Å². The molecule has 256 valence electrons. The van der Waals surface area contributed by atoms with Gasteiger partial charge in [0, 0.05) is 31.3 Å². The lowest BCUT2D eigenvalue weighted by Crippen LogP contribution is -2.54. The lowest BCUT2D eigenvalue weighted by atomic mass is 9.78. The number of nitrogens with one attached hydrogen (secondary N) is 2. The van der Waals surface area contributed by atoms with Crippen LogP contribution in [0.15, 0.2) is 42.1 Å². The molecule has 4 rings (SSSR count). The summed E-state index contributed by atoms with van der Waals surface area (Å²) in [6.45, 7) is 9.96. The zero-order chi connectivity index (χ0) is 33.3. The average molecular weight is 640 g/mol. The Balaban J connectivity index is 1.59. The largest absolute Gasteiger partial charge is 0.390 e. The number of carbonyl (C=O) groups excluding carboxylic acids is 3. The molecule has 1 aromatic rings. The first-order valence-corrected chi connectivity index (χ1v) is 17.6. The van der Waals surface area contributed by atoms with Gasteiger partial charge in [-0.05, 0) is 42.6 Å². The molecule has 9 nitrogen and oxygen atoms in total. The van der Waals surface area contributed by atoms with Gasteiger partial charge in [0.2, 0.25) is 11.8 Å². The van der Waals surface area contributed by atoms with Crippen LogP contribution in [-0.4, -0.2) is 82.8 Å². The molecule has 4 N–H and O–H groups in total. The smallest absolute Gasteiger partial charge is 0.228 e. The SMILES string of the molecule is CC(C)C[C@@H](C(=O)N[C@@H](CC1CCCCC1)[C@@H](O)[C@@H](O)CC(C)C)C1=CN[C@](CC(=O)N2CCOCC2)(Cc2ccccc2)C1=O. The van der Waals surface area contributed by atoms with Crippen molar-refractivity contribution >= 4 is 17.6 Å². The molecule has 1 saturated carbocycles. The number of Topliss-reactive ketones (excluding diaryl/α,β-unsaturated/α-hetero) is 1. The number of hydrogen-bond acceptors (Lipinski definition) is 7. The second-order valence-electron chi connectivity index (χ2n) is 14.7. The number of benzene rings is 1. The van der Waals surface area contributed by atoms with E-state index in [-0.39, 0.29) is 35.9 Å². The molecular formula is C37H57N3O6. The predicted octanol–water partition coefficient (Wildman–Crippen LogP) is 4.16. The summed E-state index contributed by atoms with van der Waals surface area (Å²) in [4.78, 5) is 44.1. The second kappa shape index (κ2) is 16.9. The Morgan fingerprint density at radius 1 is 1.00 bits per heavy atom. The Morgan fingerprint density at radius 2 is 1.65 bits per heavy atom. The predicted molar refractivity (Wildman–Crippen MR) is 179 cm³/mol. The fourth-order valence-corrected chi connectivity index (χ4v) is 7.42. The first kappa shape index (κ1) is 36.1. The van der Waals surface area contributed by atoms with Crippen molar-refractivity contribution in [1.82, 2.24) is 15.5 Å². The van der Waals surface area contributed by atoms with Crippen molar-refractivity contribution in [3.05, 3.63) is 47.7 Å². The monoisotopic (exact) mass is 639 g/mol. The van der Waals surface area contributed by atoms with Crippen molar-refractivity contribution in [3.63, 3.8) is 0 Å². The number of hydrogen-bond donors (Lipinski definition) is 4. The fraction of sp³-hybridized carbons (Fsp3) is 0.703. The maximum absolute atomic E-state index is 14.5. The molecule has 0 radical (unpaired) electrons. The molecule has 1 aliphatic carbocycles. The molecule has 0 bridgehead atoms. The Kier molecular flexibility index (Phi) is 13.2. The molecule has 9 heteroatoms. The third-order valence-electron chi connectivity index (χ3n) is 9.92. The van der Waals surface area contributed by atoms with Crippen molar-refractivity contribution in [2.24, 2.45) is 23.7 Å². The van der Waals surface area contributed by atoms with Crippen molar-refractivity contribution < 1.29 is 29.3 Å². The zero-order valence-corrected chi connectivity index (χ0v) is 28.4. The van der Waals surface area contributed by atoms with Gasteiger partial charge in [-0.2, -0.15) is 0 Å². The van der Waals surface area contributed by atoms with Gasteiger partial charge in [0.05, 0.1) is 37.7 Å². The summed E-state index contributed by atoms with van der Waals surface area (Å²) in [5, 5.41) is 28.7. The number of amides is 2. The molecule has 2 fully saturated rings. The molecule has 3 aliphatic rings. The molecule has 5 atom stereocenters. The third-order valence-corrected chi connectivity index (χ3v) is 9.92. The van der Waals surface area contributed by atoms with Crippen LogP contribution in [0.4, 0.5) is 0 Å². The third kappa shape index (κ3) is 9.64. The van der Waals surface area contributed by atoms with Crippen molar-refractivity contribution in [1.29, 1.82) is 0 Å². The van der Waals surface area contributed by atoms with Gasteiger partial charge < -0.3 is 30.5 Å². The van der Waals surface area contributed by atoms with E-state index in [1.165, 1.54) is 6.42 Å². The topological polar surface area (TPSA) is 128 Å². The van der Waals surface area contributed by atoms with Crippen LogP contribution in [0.3, 0.4) is 0 Å². The fourth-order valence-electron chi connectivity index (χ4n) is 7.42. The van der Waals surface area contributed by atoms with Gasteiger partial charge >= 0.3 is 0 Å². The highest BCUT2D eigenvalue weighted by Gasteiger charge is 2.49. The van der Waals surface area contributed by atoms with Gasteiger partial charge in [0.15, 0.2) is 5.78 Å². The molecule has 46 heavy (non-hydrogen) atoms. The van der Waals surface area contributed by atoms with Crippen LogP contribution in [-0.2, 0) is 25.5 Å². The van der Waals surface area contributed by atoms with Gasteiger partial charge in [-0.1, -0.05) is 90.1 Å². The lowest BCUT2D eigenvalue weighted by Gasteiger charge is -2.35. The molecule has 2 heterocycles. The van der Waals surface area contributed by atoms with Gasteiger partial charge in [0.25, 0.3) is 0 Å². The highest BCUT2D eigenvalue weighted by Crippen LogP contribution is 2.35. The van der Waals surface area contributed by atoms with E-state index in [4.69, 9.17) is 4.74 Å². The van der Waals surface area contributed by atoms with E-state index in [9.17, 15) is 24.6 Å². The molecule has 0 spiro atoms. The maximum Gasteiger partial charge on any atom is 0.228 e.